The second-order valence-electron chi connectivity index (χ2n) is 6.29. The Morgan fingerprint density at radius 3 is 2.46 bits per heavy atom. The maximum absolute atomic E-state index is 12.2. The summed E-state index contributed by atoms with van der Waals surface area (Å²) in [6.45, 7) is 6.61. The molecule has 0 saturated carbocycles. The number of aromatic nitrogens is 1. The molecule has 0 atom stereocenters. The van der Waals surface area contributed by atoms with E-state index in [9.17, 15) is 13.2 Å². The summed E-state index contributed by atoms with van der Waals surface area (Å²) in [7, 11) is -1.72. The quantitative estimate of drug-likeness (QED) is 0.830. The van der Waals surface area contributed by atoms with Gasteiger partial charge in [-0.05, 0) is 37.5 Å². The van der Waals surface area contributed by atoms with Crippen LogP contribution in [0.5, 0.6) is 0 Å². The molecule has 6 nitrogen and oxygen atoms in total. The number of amides is 1. The van der Waals surface area contributed by atoms with E-state index in [-0.39, 0.29) is 18.9 Å². The third kappa shape index (κ3) is 3.96. The van der Waals surface area contributed by atoms with E-state index in [0.29, 0.717) is 6.54 Å². The van der Waals surface area contributed by atoms with Gasteiger partial charge in [0.05, 0.1) is 12.7 Å². The fraction of sp³-hybridized carbons (Fsp3) is 0.471. The van der Waals surface area contributed by atoms with Gasteiger partial charge in [-0.3, -0.25) is 4.79 Å². The van der Waals surface area contributed by atoms with Crippen LogP contribution in [0.3, 0.4) is 0 Å². The van der Waals surface area contributed by atoms with Crippen LogP contribution in [-0.2, 0) is 21.2 Å². The van der Waals surface area contributed by atoms with Crippen molar-refractivity contribution in [2.75, 3.05) is 26.4 Å². The first-order valence-electron chi connectivity index (χ1n) is 7.86. The Morgan fingerprint density at radius 2 is 1.83 bits per heavy atom. The maximum atomic E-state index is 12.2. The second kappa shape index (κ2) is 6.94. The molecule has 2 N–H and O–H groups in total. The maximum Gasteiger partial charge on any atom is 0.224 e. The lowest BCUT2D eigenvalue weighted by molar-refractivity contribution is -0.120. The van der Waals surface area contributed by atoms with Crippen molar-refractivity contribution in [3.8, 4) is 0 Å². The summed E-state index contributed by atoms with van der Waals surface area (Å²) in [6, 6.07) is 4.13. The molecule has 7 heteroatoms. The molecule has 2 aromatic rings. The highest BCUT2D eigenvalue weighted by atomic mass is 32.2. The molecule has 1 heterocycles. The van der Waals surface area contributed by atoms with Gasteiger partial charge in [0, 0.05) is 36.7 Å². The summed E-state index contributed by atoms with van der Waals surface area (Å²) in [5.74, 6) is -0.109. The van der Waals surface area contributed by atoms with Crippen molar-refractivity contribution in [1.82, 2.24) is 14.6 Å². The number of aromatic amines is 1. The standard InChI is InChI=1S/C17H25N3O3S/c1-11-6-7-12(2)17-16(11)14(13(3)19-17)10-15(21)18-8-9-20(4)24(5,22)23/h6-7,19H,8-10H2,1-5H3,(H,18,21). The zero-order valence-corrected chi connectivity index (χ0v) is 15.7. The molecule has 0 radical (unpaired) electrons. The van der Waals surface area contributed by atoms with E-state index in [1.165, 1.54) is 11.4 Å². The fourth-order valence-corrected chi connectivity index (χ4v) is 3.20. The van der Waals surface area contributed by atoms with Gasteiger partial charge in [0.25, 0.3) is 0 Å². The Morgan fingerprint density at radius 1 is 1.21 bits per heavy atom. The molecule has 0 aliphatic heterocycles. The van der Waals surface area contributed by atoms with Crippen molar-refractivity contribution in [3.05, 3.63) is 34.5 Å². The van der Waals surface area contributed by atoms with Gasteiger partial charge in [0.1, 0.15) is 0 Å². The third-order valence-corrected chi connectivity index (χ3v) is 5.66. The highest BCUT2D eigenvalue weighted by molar-refractivity contribution is 7.88. The van der Waals surface area contributed by atoms with Gasteiger partial charge in [-0.2, -0.15) is 0 Å². The summed E-state index contributed by atoms with van der Waals surface area (Å²) in [5.41, 5.74) is 5.36. The predicted molar refractivity (Wildman–Crippen MR) is 96.7 cm³/mol. The lowest BCUT2D eigenvalue weighted by Gasteiger charge is -2.14. The van der Waals surface area contributed by atoms with Crippen LogP contribution in [0.4, 0.5) is 0 Å². The number of carbonyl (C=O) groups excluding carboxylic acids is 1. The largest absolute Gasteiger partial charge is 0.358 e. The smallest absolute Gasteiger partial charge is 0.224 e. The summed E-state index contributed by atoms with van der Waals surface area (Å²) in [5, 5.41) is 3.90. The molecule has 0 saturated heterocycles. The molecular weight excluding hydrogens is 326 g/mol. The SMILES string of the molecule is Cc1[nH]c2c(C)ccc(C)c2c1CC(=O)NCCN(C)S(C)(=O)=O. The number of sulfonamides is 1. The lowest BCUT2D eigenvalue weighted by atomic mass is 10.0. The van der Waals surface area contributed by atoms with E-state index in [1.807, 2.05) is 20.8 Å². The normalized spacial score (nSPS) is 12.1. The van der Waals surface area contributed by atoms with E-state index in [4.69, 9.17) is 0 Å². The molecular formula is C17H25N3O3S. The molecule has 2 rings (SSSR count). The number of nitrogens with one attached hydrogen (secondary N) is 2. The average Bonchev–Trinajstić information content (AvgIpc) is 2.80. The van der Waals surface area contributed by atoms with Gasteiger partial charge in [0.15, 0.2) is 0 Å². The first kappa shape index (κ1) is 18.5. The molecule has 0 spiro atoms. The molecule has 1 aromatic carbocycles. The number of hydrogen-bond donors (Lipinski definition) is 2. The van der Waals surface area contributed by atoms with Crippen molar-refractivity contribution < 1.29 is 13.2 Å². The van der Waals surface area contributed by atoms with E-state index in [1.54, 1.807) is 0 Å². The average molecular weight is 351 g/mol. The summed E-state index contributed by atoms with van der Waals surface area (Å²) in [4.78, 5) is 15.6. The van der Waals surface area contributed by atoms with Crippen LogP contribution in [0.25, 0.3) is 10.9 Å². The van der Waals surface area contributed by atoms with Crippen LogP contribution in [-0.4, -0.2) is 50.0 Å². The number of rotatable bonds is 6. The van der Waals surface area contributed by atoms with E-state index in [0.717, 1.165) is 39.5 Å². The second-order valence-corrected chi connectivity index (χ2v) is 8.38. The number of hydrogen-bond acceptors (Lipinski definition) is 3. The summed E-state index contributed by atoms with van der Waals surface area (Å²) >= 11 is 0. The number of fused-ring (bicyclic) bond motifs is 1. The van der Waals surface area contributed by atoms with Crippen LogP contribution >= 0.6 is 0 Å². The molecule has 0 unspecified atom stereocenters. The van der Waals surface area contributed by atoms with Gasteiger partial charge in [-0.25, -0.2) is 12.7 Å². The number of nitrogens with zero attached hydrogens (tertiary/aromatic N) is 1. The lowest BCUT2D eigenvalue weighted by Crippen LogP contribution is -2.36. The van der Waals surface area contributed by atoms with Crippen molar-refractivity contribution in [2.24, 2.45) is 0 Å². The van der Waals surface area contributed by atoms with Gasteiger partial charge in [-0.15, -0.1) is 0 Å². The van der Waals surface area contributed by atoms with Gasteiger partial charge in [-0.1, -0.05) is 12.1 Å². The van der Waals surface area contributed by atoms with Crippen molar-refractivity contribution in [2.45, 2.75) is 27.2 Å². The van der Waals surface area contributed by atoms with Crippen LogP contribution in [0, 0.1) is 20.8 Å². The van der Waals surface area contributed by atoms with Crippen LogP contribution in [0.2, 0.25) is 0 Å². The van der Waals surface area contributed by atoms with Crippen molar-refractivity contribution in [1.29, 1.82) is 0 Å². The molecule has 0 fully saturated rings. The molecule has 24 heavy (non-hydrogen) atoms. The topological polar surface area (TPSA) is 82.3 Å². The fourth-order valence-electron chi connectivity index (χ4n) is 2.77. The van der Waals surface area contributed by atoms with E-state index < -0.39 is 10.0 Å². The number of carbonyl (C=O) groups is 1. The third-order valence-electron chi connectivity index (χ3n) is 4.34. The monoisotopic (exact) mass is 351 g/mol. The molecule has 132 valence electrons. The molecule has 1 aromatic heterocycles. The molecule has 0 bridgehead atoms. The van der Waals surface area contributed by atoms with Crippen LogP contribution < -0.4 is 5.32 Å². The first-order valence-corrected chi connectivity index (χ1v) is 9.71. The number of likely N-dealkylation sites (N-methyl/N-ethyl adjacent to an activating group) is 1. The molecule has 1 amide bonds. The van der Waals surface area contributed by atoms with Gasteiger partial charge >= 0.3 is 0 Å². The minimum Gasteiger partial charge on any atom is -0.358 e. The Labute approximate surface area is 143 Å². The zero-order valence-electron chi connectivity index (χ0n) is 14.9. The van der Waals surface area contributed by atoms with Gasteiger partial charge < -0.3 is 10.3 Å². The van der Waals surface area contributed by atoms with Gasteiger partial charge in [0.2, 0.25) is 15.9 Å². The molecule has 0 aliphatic carbocycles. The minimum atomic E-state index is -3.22. The van der Waals surface area contributed by atoms with Crippen molar-refractivity contribution in [3.63, 3.8) is 0 Å². The van der Waals surface area contributed by atoms with Crippen LogP contribution in [0.15, 0.2) is 12.1 Å². The van der Waals surface area contributed by atoms with E-state index >= 15 is 0 Å². The summed E-state index contributed by atoms with van der Waals surface area (Å²) < 4.78 is 23.9. The van der Waals surface area contributed by atoms with Crippen LogP contribution in [0.1, 0.15) is 22.4 Å². The number of benzene rings is 1. The Hall–Kier alpha value is -1.86. The predicted octanol–water partition coefficient (Wildman–Crippen LogP) is 1.64. The van der Waals surface area contributed by atoms with E-state index in [2.05, 4.69) is 22.4 Å². The highest BCUT2D eigenvalue weighted by Gasteiger charge is 2.16. The molecule has 0 aliphatic rings. The highest BCUT2D eigenvalue weighted by Crippen LogP contribution is 2.28. The Balaban J connectivity index is 2.09. The zero-order chi connectivity index (χ0) is 18.1. The van der Waals surface area contributed by atoms with Crippen molar-refractivity contribution >= 4 is 26.8 Å². The number of H-pyrrole nitrogens is 1. The Kier molecular flexibility index (Phi) is 5.35. The minimum absolute atomic E-state index is 0.109. The summed E-state index contributed by atoms with van der Waals surface area (Å²) in [6.07, 6.45) is 1.42. The first-order chi connectivity index (χ1) is 11.1. The Bertz CT molecular complexity index is 869. The number of aryl methyl sites for hydroxylation is 3.